The Labute approximate surface area is 250 Å². The van der Waals surface area contributed by atoms with Gasteiger partial charge in [0.25, 0.3) is 5.91 Å². The van der Waals surface area contributed by atoms with E-state index in [1.54, 1.807) is 11.3 Å². The van der Waals surface area contributed by atoms with Gasteiger partial charge in [0.15, 0.2) is 0 Å². The maximum atomic E-state index is 13.8. The molecule has 0 saturated heterocycles. The van der Waals surface area contributed by atoms with Crippen LogP contribution in [-0.2, 0) is 19.4 Å². The summed E-state index contributed by atoms with van der Waals surface area (Å²) in [5.74, 6) is 0.230. The lowest BCUT2D eigenvalue weighted by atomic mass is 9.72. The molecule has 0 radical (unpaired) electrons. The number of carbonyl (C=O) groups is 1. The molecule has 0 unspecified atom stereocenters. The summed E-state index contributed by atoms with van der Waals surface area (Å²) in [6.07, 6.45) is 4.85. The highest BCUT2D eigenvalue weighted by atomic mass is 32.1. The van der Waals surface area contributed by atoms with Crippen molar-refractivity contribution in [1.29, 1.82) is 0 Å². The van der Waals surface area contributed by atoms with Crippen molar-refractivity contribution in [3.05, 3.63) is 118 Å². The predicted octanol–water partition coefficient (Wildman–Crippen LogP) is 9.35. The molecule has 2 aromatic heterocycles. The van der Waals surface area contributed by atoms with Gasteiger partial charge in [-0.25, -0.2) is 9.38 Å². The molecule has 1 aliphatic rings. The number of hydrogen-bond donors (Lipinski definition) is 1. The van der Waals surface area contributed by atoms with Gasteiger partial charge in [0.2, 0.25) is 0 Å². The van der Waals surface area contributed by atoms with Crippen LogP contribution in [0.4, 0.5) is 15.1 Å². The molecule has 42 heavy (non-hydrogen) atoms. The Bertz CT molecular complexity index is 1770. The Morgan fingerprint density at radius 2 is 1.76 bits per heavy atom. The van der Waals surface area contributed by atoms with Crippen molar-refractivity contribution in [1.82, 2.24) is 4.57 Å². The zero-order chi connectivity index (χ0) is 29.4. The number of aliphatic imine (C=N–C) groups is 1. The fourth-order valence-corrected chi connectivity index (χ4v) is 7.34. The van der Waals surface area contributed by atoms with Crippen molar-refractivity contribution in [2.45, 2.75) is 53.5 Å². The van der Waals surface area contributed by atoms with Gasteiger partial charge in [0.1, 0.15) is 10.8 Å². The number of nitrogens with zero attached hydrogens (tertiary/aromatic N) is 2. The highest BCUT2D eigenvalue weighted by Crippen LogP contribution is 2.45. The van der Waals surface area contributed by atoms with Crippen molar-refractivity contribution in [3.8, 4) is 0 Å². The van der Waals surface area contributed by atoms with E-state index in [9.17, 15) is 9.18 Å². The third-order valence-corrected chi connectivity index (χ3v) is 9.74. The number of halogens is 1. The van der Waals surface area contributed by atoms with E-state index in [0.29, 0.717) is 18.0 Å². The average Bonchev–Trinajstić information content (AvgIpc) is 3.47. The number of rotatable bonds is 6. The molecule has 0 aliphatic heterocycles. The Kier molecular flexibility index (Phi) is 7.58. The predicted molar refractivity (Wildman–Crippen MR) is 173 cm³/mol. The maximum Gasteiger partial charge on any atom is 0.259 e. The molecule has 4 nitrogen and oxygen atoms in total. The minimum Gasteiger partial charge on any atom is -0.340 e. The molecule has 3 aromatic carbocycles. The lowest BCUT2D eigenvalue weighted by molar-refractivity contribution is 0.102. The van der Waals surface area contributed by atoms with Crippen LogP contribution in [0.25, 0.3) is 10.9 Å². The summed E-state index contributed by atoms with van der Waals surface area (Å²) in [7, 11) is 0. The molecular formula is C36H36FN3OS. The van der Waals surface area contributed by atoms with Crippen molar-refractivity contribution in [3.63, 3.8) is 0 Å². The highest BCUT2D eigenvalue weighted by Gasteiger charge is 2.33. The maximum absolute atomic E-state index is 13.8. The zero-order valence-corrected chi connectivity index (χ0v) is 25.4. The van der Waals surface area contributed by atoms with Crippen LogP contribution in [0.5, 0.6) is 0 Å². The number of para-hydroxylation sites is 2. The van der Waals surface area contributed by atoms with Crippen LogP contribution < -0.4 is 5.32 Å². The molecule has 214 valence electrons. The summed E-state index contributed by atoms with van der Waals surface area (Å²) in [6.45, 7) is 9.66. The Morgan fingerprint density at radius 1 is 1.05 bits per heavy atom. The minimum atomic E-state index is -0.236. The highest BCUT2D eigenvalue weighted by molar-refractivity contribution is 7.16. The number of aromatic nitrogens is 1. The topological polar surface area (TPSA) is 46.4 Å². The van der Waals surface area contributed by atoms with Gasteiger partial charge in [-0.15, -0.1) is 11.3 Å². The van der Waals surface area contributed by atoms with E-state index in [2.05, 4.69) is 49.7 Å². The largest absolute Gasteiger partial charge is 0.340 e. The lowest BCUT2D eigenvalue weighted by Gasteiger charge is -2.33. The Morgan fingerprint density at radius 3 is 2.50 bits per heavy atom. The average molecular weight is 578 g/mol. The van der Waals surface area contributed by atoms with Gasteiger partial charge in [-0.05, 0) is 79.0 Å². The number of hydrogen-bond acceptors (Lipinski definition) is 3. The van der Waals surface area contributed by atoms with Crippen LogP contribution in [0.2, 0.25) is 0 Å². The van der Waals surface area contributed by atoms with Crippen LogP contribution in [0.3, 0.4) is 0 Å². The SMILES string of the molecule is Cc1c(C=Nc2sc3c(c2C(=O)Nc2ccccc2)CC[C@@H](C(C)(C)C)C3)c2ccccc2n1Cc1ccc(F)cc1. The lowest BCUT2D eigenvalue weighted by Crippen LogP contribution is -2.27. The summed E-state index contributed by atoms with van der Waals surface area (Å²) in [5, 5.41) is 4.98. The van der Waals surface area contributed by atoms with Crippen LogP contribution in [-0.4, -0.2) is 16.7 Å². The van der Waals surface area contributed by atoms with E-state index in [1.807, 2.05) is 60.8 Å². The second-order valence-corrected chi connectivity index (χ2v) is 13.4. The molecule has 0 bridgehead atoms. The first-order valence-electron chi connectivity index (χ1n) is 14.6. The number of amides is 1. The quantitative estimate of drug-likeness (QED) is 0.201. The molecule has 6 heteroatoms. The number of thiophene rings is 1. The van der Waals surface area contributed by atoms with Gasteiger partial charge in [0, 0.05) is 45.5 Å². The number of fused-ring (bicyclic) bond motifs is 2. The Balaban J connectivity index is 1.40. The van der Waals surface area contributed by atoms with Crippen LogP contribution in [0.15, 0.2) is 83.9 Å². The molecule has 6 rings (SSSR count). The number of nitrogens with one attached hydrogen (secondary N) is 1. The van der Waals surface area contributed by atoms with Crippen molar-refractivity contribution in [2.24, 2.45) is 16.3 Å². The minimum absolute atomic E-state index is 0.101. The summed E-state index contributed by atoms with van der Waals surface area (Å²) >= 11 is 1.66. The molecule has 5 aromatic rings. The van der Waals surface area contributed by atoms with Gasteiger partial charge in [-0.2, -0.15) is 0 Å². The molecular weight excluding hydrogens is 541 g/mol. The normalized spacial score (nSPS) is 15.3. The third kappa shape index (κ3) is 5.56. The molecule has 1 atom stereocenters. The van der Waals surface area contributed by atoms with E-state index in [4.69, 9.17) is 4.99 Å². The summed E-state index contributed by atoms with van der Waals surface area (Å²) in [6, 6.07) is 24.6. The molecule has 0 saturated carbocycles. The number of benzene rings is 3. The zero-order valence-electron chi connectivity index (χ0n) is 24.6. The molecule has 2 heterocycles. The molecule has 1 N–H and O–H groups in total. The standard InChI is InChI=1S/C36H36FN3OS/c1-23-30(28-12-8-9-13-31(28)40(23)22-24-14-17-26(37)18-15-24)21-38-35-33(34(41)39-27-10-6-5-7-11-27)29-19-16-25(36(2,3)4)20-32(29)42-35/h5-15,17-18,21,25H,16,19-20,22H2,1-4H3,(H,39,41)/t25-/m1/s1. The van der Waals surface area contributed by atoms with Crippen molar-refractivity contribution in [2.75, 3.05) is 5.32 Å². The summed E-state index contributed by atoms with van der Waals surface area (Å²) in [4.78, 5) is 20.1. The third-order valence-electron chi connectivity index (χ3n) is 8.57. The monoisotopic (exact) mass is 577 g/mol. The second-order valence-electron chi connectivity index (χ2n) is 12.3. The van der Waals surface area contributed by atoms with Crippen molar-refractivity contribution < 1.29 is 9.18 Å². The van der Waals surface area contributed by atoms with Gasteiger partial charge in [-0.1, -0.05) is 69.3 Å². The number of carbonyl (C=O) groups excluding carboxylic acids is 1. The van der Waals surface area contributed by atoms with Crippen LogP contribution in [0.1, 0.15) is 64.8 Å². The van der Waals surface area contributed by atoms with E-state index < -0.39 is 0 Å². The first-order chi connectivity index (χ1) is 20.2. The molecule has 0 spiro atoms. The fourth-order valence-electron chi connectivity index (χ4n) is 6.07. The molecule has 0 fully saturated rings. The van der Waals surface area contributed by atoms with Gasteiger partial charge in [-0.3, -0.25) is 4.79 Å². The van der Waals surface area contributed by atoms with E-state index in [0.717, 1.165) is 63.2 Å². The smallest absolute Gasteiger partial charge is 0.259 e. The van der Waals surface area contributed by atoms with Gasteiger partial charge in [0.05, 0.1) is 5.56 Å². The van der Waals surface area contributed by atoms with Gasteiger partial charge < -0.3 is 9.88 Å². The van der Waals surface area contributed by atoms with Crippen LogP contribution >= 0.6 is 11.3 Å². The summed E-state index contributed by atoms with van der Waals surface area (Å²) < 4.78 is 15.8. The fraction of sp³-hybridized carbons (Fsp3) is 0.278. The number of anilines is 1. The van der Waals surface area contributed by atoms with Gasteiger partial charge >= 0.3 is 0 Å². The summed E-state index contributed by atoms with van der Waals surface area (Å²) in [5.41, 5.74) is 7.08. The van der Waals surface area contributed by atoms with E-state index in [-0.39, 0.29) is 17.1 Å². The first kappa shape index (κ1) is 28.1. The first-order valence-corrected chi connectivity index (χ1v) is 15.4. The van der Waals surface area contributed by atoms with Crippen molar-refractivity contribution >= 4 is 45.0 Å². The second kappa shape index (κ2) is 11.3. The van der Waals surface area contributed by atoms with Crippen LogP contribution in [0, 0.1) is 24.1 Å². The van der Waals surface area contributed by atoms with E-state index in [1.165, 1.54) is 17.0 Å². The molecule has 1 aliphatic carbocycles. The van der Waals surface area contributed by atoms with E-state index >= 15 is 0 Å². The molecule has 1 amide bonds. The Hall–Kier alpha value is -4.03.